The van der Waals surface area contributed by atoms with Crippen LogP contribution in [0.3, 0.4) is 0 Å². The van der Waals surface area contributed by atoms with Gasteiger partial charge < -0.3 is 5.73 Å². The van der Waals surface area contributed by atoms with Crippen LogP contribution in [0.2, 0.25) is 0 Å². The summed E-state index contributed by atoms with van der Waals surface area (Å²) in [7, 11) is 0. The van der Waals surface area contributed by atoms with E-state index in [0.717, 1.165) is 19.3 Å². The molecule has 94 valence electrons. The molecule has 1 aromatic rings. The molecule has 0 aliphatic rings. The number of aromatic nitrogens is 1. The first-order chi connectivity index (χ1) is 8.19. The molecule has 0 unspecified atom stereocenters. The zero-order valence-electron chi connectivity index (χ0n) is 10.6. The van der Waals surface area contributed by atoms with Crippen LogP contribution >= 0.6 is 0 Å². The fraction of sp³-hybridized carbons (Fsp3) is 0.538. The zero-order chi connectivity index (χ0) is 12.7. The minimum atomic E-state index is 0.137. The highest BCUT2D eigenvalue weighted by Crippen LogP contribution is 2.14. The first-order valence-corrected chi connectivity index (χ1v) is 6.21. The second-order valence-electron chi connectivity index (χ2n) is 4.04. The summed E-state index contributed by atoms with van der Waals surface area (Å²) in [5.74, 6) is 0.821. The summed E-state index contributed by atoms with van der Waals surface area (Å²) in [6.07, 6.45) is 5.34. The predicted octanol–water partition coefficient (Wildman–Crippen LogP) is 2.60. The molecule has 1 amide bonds. The summed E-state index contributed by atoms with van der Waals surface area (Å²) in [4.78, 5) is 17.9. The van der Waals surface area contributed by atoms with Crippen LogP contribution in [0, 0.1) is 0 Å². The Kier molecular flexibility index (Phi) is 5.46. The van der Waals surface area contributed by atoms with E-state index in [0.29, 0.717) is 24.5 Å². The topological polar surface area (TPSA) is 59.2 Å². The summed E-state index contributed by atoms with van der Waals surface area (Å²) >= 11 is 0. The van der Waals surface area contributed by atoms with E-state index < -0.39 is 0 Å². The summed E-state index contributed by atoms with van der Waals surface area (Å²) in [5, 5.41) is 0. The van der Waals surface area contributed by atoms with Gasteiger partial charge in [-0.05, 0) is 25.5 Å². The monoisotopic (exact) mass is 235 g/mol. The molecule has 1 rings (SSSR count). The number of unbranched alkanes of at least 4 members (excludes halogenated alkanes) is 2. The normalized spacial score (nSPS) is 10.2. The Morgan fingerprint density at radius 1 is 1.35 bits per heavy atom. The van der Waals surface area contributed by atoms with E-state index in [2.05, 4.69) is 11.9 Å². The smallest absolute Gasteiger partial charge is 0.228 e. The molecule has 0 bridgehead atoms. The van der Waals surface area contributed by atoms with E-state index in [-0.39, 0.29) is 5.91 Å². The van der Waals surface area contributed by atoms with E-state index in [4.69, 9.17) is 5.73 Å². The number of rotatable bonds is 6. The number of anilines is 2. The standard InChI is InChI=1S/C13H21N3O/c1-3-5-6-7-13(17)16(4-2)12-9-8-11(14)10-15-12/h8-10H,3-7,14H2,1-2H3. The molecular formula is C13H21N3O. The van der Waals surface area contributed by atoms with E-state index in [9.17, 15) is 4.79 Å². The molecule has 0 radical (unpaired) electrons. The highest BCUT2D eigenvalue weighted by molar-refractivity contribution is 5.92. The highest BCUT2D eigenvalue weighted by atomic mass is 16.2. The van der Waals surface area contributed by atoms with Crippen molar-refractivity contribution >= 4 is 17.4 Å². The van der Waals surface area contributed by atoms with Crippen LogP contribution in [0.15, 0.2) is 18.3 Å². The van der Waals surface area contributed by atoms with Crippen LogP contribution in [0.4, 0.5) is 11.5 Å². The third-order valence-electron chi connectivity index (χ3n) is 2.66. The molecule has 0 aliphatic carbocycles. The van der Waals surface area contributed by atoms with E-state index in [1.165, 1.54) is 0 Å². The Bertz CT molecular complexity index is 348. The molecule has 0 fully saturated rings. The molecule has 0 saturated carbocycles. The second-order valence-corrected chi connectivity index (χ2v) is 4.04. The molecule has 4 heteroatoms. The van der Waals surface area contributed by atoms with Crippen LogP contribution in [0.5, 0.6) is 0 Å². The number of nitrogens with two attached hydrogens (primary N) is 1. The summed E-state index contributed by atoms with van der Waals surface area (Å²) in [6.45, 7) is 4.72. The Labute approximate surface area is 103 Å². The third kappa shape index (κ3) is 4.06. The predicted molar refractivity (Wildman–Crippen MR) is 70.8 cm³/mol. The molecule has 0 spiro atoms. The molecule has 17 heavy (non-hydrogen) atoms. The van der Waals surface area contributed by atoms with Gasteiger partial charge >= 0.3 is 0 Å². The molecule has 1 heterocycles. The fourth-order valence-electron chi connectivity index (χ4n) is 1.68. The largest absolute Gasteiger partial charge is 0.397 e. The van der Waals surface area contributed by atoms with Crippen molar-refractivity contribution in [2.45, 2.75) is 39.5 Å². The Morgan fingerprint density at radius 2 is 2.12 bits per heavy atom. The van der Waals surface area contributed by atoms with Gasteiger partial charge in [0.2, 0.25) is 5.91 Å². The number of nitrogen functional groups attached to an aromatic ring is 1. The fourth-order valence-corrected chi connectivity index (χ4v) is 1.68. The van der Waals surface area contributed by atoms with Crippen molar-refractivity contribution in [2.24, 2.45) is 0 Å². The lowest BCUT2D eigenvalue weighted by molar-refractivity contribution is -0.118. The Morgan fingerprint density at radius 3 is 2.65 bits per heavy atom. The molecule has 4 nitrogen and oxygen atoms in total. The lowest BCUT2D eigenvalue weighted by Gasteiger charge is -2.19. The first-order valence-electron chi connectivity index (χ1n) is 6.21. The first kappa shape index (κ1) is 13.5. The zero-order valence-corrected chi connectivity index (χ0v) is 10.6. The molecule has 0 aromatic carbocycles. The van der Waals surface area contributed by atoms with Gasteiger partial charge in [-0.2, -0.15) is 0 Å². The number of pyridine rings is 1. The van der Waals surface area contributed by atoms with Gasteiger partial charge in [-0.15, -0.1) is 0 Å². The summed E-state index contributed by atoms with van der Waals surface area (Å²) in [6, 6.07) is 3.56. The highest BCUT2D eigenvalue weighted by Gasteiger charge is 2.13. The number of carbonyl (C=O) groups excluding carboxylic acids is 1. The van der Waals surface area contributed by atoms with Crippen molar-refractivity contribution in [3.05, 3.63) is 18.3 Å². The molecule has 0 aliphatic heterocycles. The van der Waals surface area contributed by atoms with Gasteiger partial charge in [0.25, 0.3) is 0 Å². The second kappa shape index (κ2) is 6.89. The maximum atomic E-state index is 12.0. The van der Waals surface area contributed by atoms with E-state index >= 15 is 0 Å². The Balaban J connectivity index is 2.64. The van der Waals surface area contributed by atoms with Gasteiger partial charge in [0.1, 0.15) is 5.82 Å². The van der Waals surface area contributed by atoms with E-state index in [1.54, 1.807) is 23.2 Å². The van der Waals surface area contributed by atoms with Gasteiger partial charge in [0.15, 0.2) is 0 Å². The number of amides is 1. The number of hydrogen-bond donors (Lipinski definition) is 1. The minimum Gasteiger partial charge on any atom is -0.397 e. The maximum absolute atomic E-state index is 12.0. The molecular weight excluding hydrogens is 214 g/mol. The van der Waals surface area contributed by atoms with Crippen LogP contribution < -0.4 is 10.6 Å². The van der Waals surface area contributed by atoms with Crippen LogP contribution in [0.1, 0.15) is 39.5 Å². The average molecular weight is 235 g/mol. The van der Waals surface area contributed by atoms with Crippen LogP contribution in [-0.4, -0.2) is 17.4 Å². The Hall–Kier alpha value is -1.58. The van der Waals surface area contributed by atoms with Crippen molar-refractivity contribution in [2.75, 3.05) is 17.2 Å². The SMILES string of the molecule is CCCCCC(=O)N(CC)c1ccc(N)cn1. The average Bonchev–Trinajstić information content (AvgIpc) is 2.33. The summed E-state index contributed by atoms with van der Waals surface area (Å²) in [5.41, 5.74) is 6.19. The van der Waals surface area contributed by atoms with Gasteiger partial charge in [-0.25, -0.2) is 4.98 Å². The quantitative estimate of drug-likeness (QED) is 0.771. The van der Waals surface area contributed by atoms with Gasteiger partial charge in [-0.3, -0.25) is 9.69 Å². The van der Waals surface area contributed by atoms with Crippen molar-refractivity contribution in [3.8, 4) is 0 Å². The van der Waals surface area contributed by atoms with Crippen molar-refractivity contribution in [1.29, 1.82) is 0 Å². The minimum absolute atomic E-state index is 0.137. The molecule has 2 N–H and O–H groups in total. The van der Waals surface area contributed by atoms with E-state index in [1.807, 2.05) is 6.92 Å². The summed E-state index contributed by atoms with van der Waals surface area (Å²) < 4.78 is 0. The number of carbonyl (C=O) groups is 1. The van der Waals surface area contributed by atoms with Gasteiger partial charge in [0.05, 0.1) is 11.9 Å². The number of nitrogens with zero attached hydrogens (tertiary/aromatic N) is 2. The van der Waals surface area contributed by atoms with Crippen molar-refractivity contribution < 1.29 is 4.79 Å². The van der Waals surface area contributed by atoms with Crippen LogP contribution in [-0.2, 0) is 4.79 Å². The lowest BCUT2D eigenvalue weighted by atomic mass is 10.2. The maximum Gasteiger partial charge on any atom is 0.228 e. The number of hydrogen-bond acceptors (Lipinski definition) is 3. The molecule has 0 saturated heterocycles. The van der Waals surface area contributed by atoms with Crippen LogP contribution in [0.25, 0.3) is 0 Å². The third-order valence-corrected chi connectivity index (χ3v) is 2.66. The van der Waals surface area contributed by atoms with Crippen molar-refractivity contribution in [1.82, 2.24) is 4.98 Å². The van der Waals surface area contributed by atoms with Crippen molar-refractivity contribution in [3.63, 3.8) is 0 Å². The molecule has 1 aromatic heterocycles. The van der Waals surface area contributed by atoms with Gasteiger partial charge in [0, 0.05) is 13.0 Å². The molecule has 0 atom stereocenters. The van der Waals surface area contributed by atoms with Gasteiger partial charge in [-0.1, -0.05) is 19.8 Å². The lowest BCUT2D eigenvalue weighted by Crippen LogP contribution is -2.31.